The monoisotopic (exact) mass is 476 g/mol. The van der Waals surface area contributed by atoms with E-state index in [0.29, 0.717) is 30.2 Å². The zero-order valence-electron chi connectivity index (χ0n) is 19.6. The number of halogens is 1. The Labute approximate surface area is 204 Å². The molecule has 2 unspecified atom stereocenters. The van der Waals surface area contributed by atoms with Gasteiger partial charge in [-0.05, 0) is 79.8 Å². The Balaban J connectivity index is 1.42. The van der Waals surface area contributed by atoms with Gasteiger partial charge in [0.25, 0.3) is 0 Å². The number of rotatable bonds is 8. The van der Waals surface area contributed by atoms with Crippen LogP contribution in [-0.4, -0.2) is 40.5 Å². The van der Waals surface area contributed by atoms with Crippen molar-refractivity contribution < 1.29 is 23.8 Å². The summed E-state index contributed by atoms with van der Waals surface area (Å²) in [5, 5.41) is 12.6. The molecule has 0 bridgehead atoms. The smallest absolute Gasteiger partial charge is 0.247 e. The third-order valence-electron chi connectivity index (χ3n) is 6.02. The van der Waals surface area contributed by atoms with Crippen molar-refractivity contribution in [3.8, 4) is 11.5 Å². The van der Waals surface area contributed by atoms with E-state index in [2.05, 4.69) is 5.32 Å². The number of hydrogen-bond acceptors (Lipinski definition) is 4. The van der Waals surface area contributed by atoms with Crippen molar-refractivity contribution in [1.82, 2.24) is 4.90 Å². The third-order valence-corrected chi connectivity index (χ3v) is 6.02. The maximum atomic E-state index is 13.2. The van der Waals surface area contributed by atoms with Crippen molar-refractivity contribution in [3.63, 3.8) is 0 Å². The van der Waals surface area contributed by atoms with E-state index in [1.807, 2.05) is 30.3 Å². The van der Waals surface area contributed by atoms with Crippen molar-refractivity contribution in [1.29, 1.82) is 0 Å². The number of nitrogens with one attached hydrogen (secondary N) is 1. The number of nitrogens with zero attached hydrogens (tertiary/aromatic N) is 1. The van der Waals surface area contributed by atoms with Crippen molar-refractivity contribution in [3.05, 3.63) is 90.2 Å². The van der Waals surface area contributed by atoms with Gasteiger partial charge in [0.2, 0.25) is 11.8 Å². The van der Waals surface area contributed by atoms with Crippen molar-refractivity contribution >= 4 is 17.5 Å². The van der Waals surface area contributed by atoms with Crippen molar-refractivity contribution in [2.24, 2.45) is 5.92 Å². The van der Waals surface area contributed by atoms with Gasteiger partial charge in [0.15, 0.2) is 0 Å². The molecule has 3 aromatic carbocycles. The summed E-state index contributed by atoms with van der Waals surface area (Å²) in [5.74, 6) is 0.385. The van der Waals surface area contributed by atoms with Crippen LogP contribution in [0.15, 0.2) is 78.9 Å². The molecule has 2 amide bonds. The summed E-state index contributed by atoms with van der Waals surface area (Å²) in [5.41, 5.74) is 1.74. The van der Waals surface area contributed by atoms with Gasteiger partial charge in [0, 0.05) is 12.2 Å². The molecule has 2 N–H and O–H groups in total. The normalized spacial score (nSPS) is 18.2. The van der Waals surface area contributed by atoms with E-state index in [9.17, 15) is 19.1 Å². The predicted molar refractivity (Wildman–Crippen MR) is 132 cm³/mol. The van der Waals surface area contributed by atoms with Crippen LogP contribution in [0.25, 0.3) is 0 Å². The Kier molecular flexibility index (Phi) is 7.77. The van der Waals surface area contributed by atoms with Crippen LogP contribution in [0.2, 0.25) is 0 Å². The Bertz CT molecular complexity index is 1130. The van der Waals surface area contributed by atoms with E-state index < -0.39 is 12.1 Å². The van der Waals surface area contributed by atoms with Crippen LogP contribution in [0.3, 0.4) is 0 Å². The summed E-state index contributed by atoms with van der Waals surface area (Å²) in [4.78, 5) is 27.6. The molecule has 7 heteroatoms. The van der Waals surface area contributed by atoms with Gasteiger partial charge in [-0.1, -0.05) is 30.3 Å². The number of benzene rings is 3. The summed E-state index contributed by atoms with van der Waals surface area (Å²) >= 11 is 0. The SMILES string of the molecule is CC(O)CC(=O)N1CC(Cc2ccccc2)C[C@H]1C(=O)Nc1ccc(Oc2ccc(F)cc2)cc1. The lowest BCUT2D eigenvalue weighted by molar-refractivity contribution is -0.138. The first kappa shape index (κ1) is 24.4. The summed E-state index contributed by atoms with van der Waals surface area (Å²) in [6, 6.07) is 22.0. The lowest BCUT2D eigenvalue weighted by Gasteiger charge is -2.24. The second kappa shape index (κ2) is 11.1. The van der Waals surface area contributed by atoms with Gasteiger partial charge < -0.3 is 20.1 Å². The predicted octanol–water partition coefficient (Wildman–Crippen LogP) is 4.79. The van der Waals surface area contributed by atoms with Gasteiger partial charge in [0.05, 0.1) is 12.5 Å². The average Bonchev–Trinajstić information content (AvgIpc) is 3.26. The van der Waals surface area contributed by atoms with Crippen LogP contribution in [0, 0.1) is 11.7 Å². The molecule has 3 aromatic rings. The molecule has 0 aromatic heterocycles. The molecule has 1 aliphatic heterocycles. The van der Waals surface area contributed by atoms with Crippen LogP contribution < -0.4 is 10.1 Å². The Morgan fingerprint density at radius 3 is 2.29 bits per heavy atom. The molecule has 0 saturated carbocycles. The molecule has 0 radical (unpaired) electrons. The highest BCUT2D eigenvalue weighted by molar-refractivity contribution is 5.97. The molecule has 35 heavy (non-hydrogen) atoms. The molecule has 6 nitrogen and oxygen atoms in total. The number of aliphatic hydroxyl groups excluding tert-OH is 1. The van der Waals surface area contributed by atoms with E-state index in [4.69, 9.17) is 4.74 Å². The van der Waals surface area contributed by atoms with Gasteiger partial charge >= 0.3 is 0 Å². The van der Waals surface area contributed by atoms with Crippen LogP contribution in [0.4, 0.5) is 10.1 Å². The minimum Gasteiger partial charge on any atom is -0.457 e. The van der Waals surface area contributed by atoms with E-state index in [1.165, 1.54) is 29.8 Å². The molecule has 1 fully saturated rings. The molecular weight excluding hydrogens is 447 g/mol. The van der Waals surface area contributed by atoms with E-state index in [1.54, 1.807) is 36.1 Å². The van der Waals surface area contributed by atoms with Gasteiger partial charge in [-0.3, -0.25) is 9.59 Å². The average molecular weight is 477 g/mol. The Morgan fingerprint density at radius 2 is 1.66 bits per heavy atom. The fourth-order valence-corrected chi connectivity index (χ4v) is 4.38. The van der Waals surface area contributed by atoms with Gasteiger partial charge in [-0.15, -0.1) is 0 Å². The zero-order chi connectivity index (χ0) is 24.8. The molecule has 3 atom stereocenters. The number of carbonyl (C=O) groups excluding carboxylic acids is 2. The highest BCUT2D eigenvalue weighted by atomic mass is 19.1. The second-order valence-electron chi connectivity index (χ2n) is 8.98. The molecule has 1 heterocycles. The summed E-state index contributed by atoms with van der Waals surface area (Å²) < 4.78 is 18.8. The largest absolute Gasteiger partial charge is 0.457 e. The van der Waals surface area contributed by atoms with Crippen LogP contribution in [0.1, 0.15) is 25.3 Å². The lowest BCUT2D eigenvalue weighted by atomic mass is 9.96. The number of anilines is 1. The van der Waals surface area contributed by atoms with E-state index in [-0.39, 0.29) is 30.0 Å². The number of carbonyl (C=O) groups is 2. The molecule has 1 aliphatic rings. The Morgan fingerprint density at radius 1 is 1.03 bits per heavy atom. The number of aliphatic hydroxyl groups is 1. The quantitative estimate of drug-likeness (QED) is 0.490. The molecular formula is C28H29FN2O4. The number of amides is 2. The zero-order valence-corrected chi connectivity index (χ0v) is 19.6. The fraction of sp³-hybridized carbons (Fsp3) is 0.286. The van der Waals surface area contributed by atoms with Crippen molar-refractivity contribution in [2.75, 3.05) is 11.9 Å². The third kappa shape index (κ3) is 6.67. The maximum absolute atomic E-state index is 13.2. The number of hydrogen-bond donors (Lipinski definition) is 2. The summed E-state index contributed by atoms with van der Waals surface area (Å²) in [7, 11) is 0. The lowest BCUT2D eigenvalue weighted by Crippen LogP contribution is -2.44. The standard InChI is InChI=1S/C28H29FN2O4/c1-19(32)15-27(33)31-18-21(16-20-5-3-2-4-6-20)17-26(31)28(34)30-23-9-13-25(14-10-23)35-24-11-7-22(29)8-12-24/h2-14,19,21,26,32H,15-18H2,1H3,(H,30,34)/t19?,21?,26-/m0/s1. The topological polar surface area (TPSA) is 78.9 Å². The molecule has 4 rings (SSSR count). The fourth-order valence-electron chi connectivity index (χ4n) is 4.38. The van der Waals surface area contributed by atoms with Crippen LogP contribution in [0.5, 0.6) is 11.5 Å². The summed E-state index contributed by atoms with van der Waals surface area (Å²) in [6.45, 7) is 2.04. The van der Waals surface area contributed by atoms with E-state index >= 15 is 0 Å². The minimum atomic E-state index is -0.770. The van der Waals surface area contributed by atoms with Gasteiger partial charge in [0.1, 0.15) is 23.4 Å². The number of likely N-dealkylation sites (tertiary alicyclic amines) is 1. The van der Waals surface area contributed by atoms with Crippen LogP contribution in [-0.2, 0) is 16.0 Å². The molecule has 0 spiro atoms. The highest BCUT2D eigenvalue weighted by Crippen LogP contribution is 2.29. The molecule has 182 valence electrons. The highest BCUT2D eigenvalue weighted by Gasteiger charge is 2.39. The summed E-state index contributed by atoms with van der Waals surface area (Å²) in [6.07, 6.45) is 0.543. The van der Waals surface area contributed by atoms with Crippen LogP contribution >= 0.6 is 0 Å². The molecule has 1 saturated heterocycles. The van der Waals surface area contributed by atoms with Gasteiger partial charge in [-0.25, -0.2) is 4.39 Å². The second-order valence-corrected chi connectivity index (χ2v) is 8.98. The maximum Gasteiger partial charge on any atom is 0.247 e. The first-order valence-corrected chi connectivity index (χ1v) is 11.7. The molecule has 0 aliphatic carbocycles. The minimum absolute atomic E-state index is 0.0166. The van der Waals surface area contributed by atoms with Crippen molar-refractivity contribution in [2.45, 2.75) is 38.3 Å². The van der Waals surface area contributed by atoms with Gasteiger partial charge in [-0.2, -0.15) is 0 Å². The Hall–Kier alpha value is -3.71. The number of ether oxygens (including phenoxy) is 1. The first-order chi connectivity index (χ1) is 16.9. The first-order valence-electron chi connectivity index (χ1n) is 11.7. The van der Waals surface area contributed by atoms with E-state index in [0.717, 1.165) is 6.42 Å².